The summed E-state index contributed by atoms with van der Waals surface area (Å²) in [5.41, 5.74) is 3.19. The summed E-state index contributed by atoms with van der Waals surface area (Å²) in [7, 11) is 1.62. The normalized spacial score (nSPS) is 10.0. The lowest BCUT2D eigenvalue weighted by Gasteiger charge is -2.12. The lowest BCUT2D eigenvalue weighted by molar-refractivity contribution is 0.0951. The lowest BCUT2D eigenvalue weighted by atomic mass is 10.1. The van der Waals surface area contributed by atoms with E-state index >= 15 is 0 Å². The molecule has 0 fully saturated rings. The molecule has 3 aromatic carbocycles. The standard InChI is InChI=1S/C22H21N3O2S/c1-27-20-12-10-18(11-13-20)24-22(28)25-19-9-5-8-17(14-19)21(26)23-15-16-6-3-2-4-7-16/h2-14H,15H2,1H3,(H,23,26)(H2,24,25,28). The zero-order valence-corrected chi connectivity index (χ0v) is 16.3. The third-order valence-electron chi connectivity index (χ3n) is 4.03. The molecule has 3 N–H and O–H groups in total. The summed E-state index contributed by atoms with van der Waals surface area (Å²) in [5.74, 6) is 0.639. The van der Waals surface area contributed by atoms with Crippen LogP contribution in [0.1, 0.15) is 15.9 Å². The second kappa shape index (κ2) is 9.53. The van der Waals surface area contributed by atoms with Gasteiger partial charge in [0, 0.05) is 23.5 Å². The van der Waals surface area contributed by atoms with E-state index in [4.69, 9.17) is 17.0 Å². The first-order valence-electron chi connectivity index (χ1n) is 8.78. The molecule has 0 aliphatic rings. The number of hydrogen-bond donors (Lipinski definition) is 3. The maximum atomic E-state index is 12.4. The summed E-state index contributed by atoms with van der Waals surface area (Å²) in [4.78, 5) is 12.4. The van der Waals surface area contributed by atoms with Gasteiger partial charge >= 0.3 is 0 Å². The van der Waals surface area contributed by atoms with E-state index in [1.807, 2.05) is 66.7 Å². The summed E-state index contributed by atoms with van der Waals surface area (Å²) in [6, 6.07) is 24.4. The highest BCUT2D eigenvalue weighted by molar-refractivity contribution is 7.80. The third kappa shape index (κ3) is 5.56. The number of amides is 1. The topological polar surface area (TPSA) is 62.4 Å². The van der Waals surface area contributed by atoms with Crippen molar-refractivity contribution in [2.75, 3.05) is 17.7 Å². The average molecular weight is 391 g/mol. The van der Waals surface area contributed by atoms with Crippen molar-refractivity contribution in [3.8, 4) is 5.75 Å². The molecule has 5 nitrogen and oxygen atoms in total. The number of anilines is 2. The quantitative estimate of drug-likeness (QED) is 0.543. The molecule has 28 heavy (non-hydrogen) atoms. The van der Waals surface area contributed by atoms with Gasteiger partial charge in [0.2, 0.25) is 0 Å². The van der Waals surface area contributed by atoms with Crippen LogP contribution in [0.5, 0.6) is 5.75 Å². The monoisotopic (exact) mass is 391 g/mol. The zero-order valence-electron chi connectivity index (χ0n) is 15.4. The van der Waals surface area contributed by atoms with E-state index in [0.29, 0.717) is 17.2 Å². The Bertz CT molecular complexity index is 944. The molecule has 142 valence electrons. The van der Waals surface area contributed by atoms with Gasteiger partial charge in [-0.25, -0.2) is 0 Å². The van der Waals surface area contributed by atoms with Gasteiger partial charge in [0.1, 0.15) is 5.75 Å². The van der Waals surface area contributed by atoms with E-state index in [0.717, 1.165) is 22.7 Å². The first-order valence-corrected chi connectivity index (χ1v) is 9.19. The molecule has 0 saturated carbocycles. The van der Waals surface area contributed by atoms with Gasteiger partial charge in [-0.15, -0.1) is 0 Å². The van der Waals surface area contributed by atoms with Crippen molar-refractivity contribution in [3.63, 3.8) is 0 Å². The van der Waals surface area contributed by atoms with Gasteiger partial charge in [0.05, 0.1) is 7.11 Å². The highest BCUT2D eigenvalue weighted by Gasteiger charge is 2.07. The van der Waals surface area contributed by atoms with Crippen LogP contribution in [-0.4, -0.2) is 18.1 Å². The highest BCUT2D eigenvalue weighted by Crippen LogP contribution is 2.16. The smallest absolute Gasteiger partial charge is 0.251 e. The molecule has 0 saturated heterocycles. The van der Waals surface area contributed by atoms with Crippen LogP contribution in [0.4, 0.5) is 11.4 Å². The fourth-order valence-electron chi connectivity index (χ4n) is 2.59. The highest BCUT2D eigenvalue weighted by atomic mass is 32.1. The SMILES string of the molecule is COc1ccc(NC(=S)Nc2cccc(C(=O)NCc3ccccc3)c2)cc1. The van der Waals surface area contributed by atoms with Gasteiger partial charge in [0.25, 0.3) is 5.91 Å². The molecule has 3 rings (SSSR count). The van der Waals surface area contributed by atoms with E-state index in [1.54, 1.807) is 19.2 Å². The van der Waals surface area contributed by atoms with E-state index < -0.39 is 0 Å². The van der Waals surface area contributed by atoms with Crippen molar-refractivity contribution in [3.05, 3.63) is 90.0 Å². The number of carbonyl (C=O) groups excluding carboxylic acids is 1. The van der Waals surface area contributed by atoms with E-state index in [-0.39, 0.29) is 5.91 Å². The first-order chi connectivity index (χ1) is 13.6. The minimum atomic E-state index is -0.137. The Morgan fingerprint density at radius 2 is 1.61 bits per heavy atom. The van der Waals surface area contributed by atoms with Crippen LogP contribution in [0, 0.1) is 0 Å². The molecule has 3 aromatic rings. The van der Waals surface area contributed by atoms with Crippen LogP contribution in [-0.2, 0) is 6.54 Å². The molecular weight excluding hydrogens is 370 g/mol. The number of rotatable bonds is 6. The molecular formula is C22H21N3O2S. The van der Waals surface area contributed by atoms with Crippen LogP contribution in [0.2, 0.25) is 0 Å². The minimum absolute atomic E-state index is 0.137. The Labute approximate surface area is 169 Å². The van der Waals surface area contributed by atoms with Crippen molar-refractivity contribution in [1.29, 1.82) is 0 Å². The second-order valence-corrected chi connectivity index (χ2v) is 6.46. The number of carbonyl (C=O) groups is 1. The largest absolute Gasteiger partial charge is 0.497 e. The molecule has 0 atom stereocenters. The summed E-state index contributed by atoms with van der Waals surface area (Å²) in [6.45, 7) is 0.481. The van der Waals surface area contributed by atoms with Crippen molar-refractivity contribution < 1.29 is 9.53 Å². The van der Waals surface area contributed by atoms with Gasteiger partial charge in [-0.2, -0.15) is 0 Å². The van der Waals surface area contributed by atoms with E-state index in [1.165, 1.54) is 0 Å². The van der Waals surface area contributed by atoms with Crippen molar-refractivity contribution in [1.82, 2.24) is 5.32 Å². The summed E-state index contributed by atoms with van der Waals surface area (Å²) < 4.78 is 5.14. The summed E-state index contributed by atoms with van der Waals surface area (Å²) in [6.07, 6.45) is 0. The first kappa shape index (κ1) is 19.4. The average Bonchev–Trinajstić information content (AvgIpc) is 2.73. The van der Waals surface area contributed by atoms with Crippen LogP contribution in [0.25, 0.3) is 0 Å². The predicted molar refractivity (Wildman–Crippen MR) is 117 cm³/mol. The van der Waals surface area contributed by atoms with Crippen LogP contribution in [0.3, 0.4) is 0 Å². The molecule has 0 aromatic heterocycles. The summed E-state index contributed by atoms with van der Waals surface area (Å²) in [5, 5.41) is 9.55. The van der Waals surface area contributed by atoms with E-state index in [9.17, 15) is 4.79 Å². The second-order valence-electron chi connectivity index (χ2n) is 6.06. The zero-order chi connectivity index (χ0) is 19.8. The van der Waals surface area contributed by atoms with Crippen molar-refractivity contribution >= 4 is 34.6 Å². The fourth-order valence-corrected chi connectivity index (χ4v) is 2.82. The van der Waals surface area contributed by atoms with Gasteiger partial charge in [0.15, 0.2) is 5.11 Å². The maximum absolute atomic E-state index is 12.4. The summed E-state index contributed by atoms with van der Waals surface area (Å²) >= 11 is 5.35. The Kier molecular flexibility index (Phi) is 6.59. The Hall–Kier alpha value is -3.38. The molecule has 6 heteroatoms. The molecule has 0 spiro atoms. The minimum Gasteiger partial charge on any atom is -0.497 e. The van der Waals surface area contributed by atoms with Crippen LogP contribution >= 0.6 is 12.2 Å². The van der Waals surface area contributed by atoms with Gasteiger partial charge in [-0.1, -0.05) is 36.4 Å². The molecule has 0 aliphatic heterocycles. The number of benzene rings is 3. The Morgan fingerprint density at radius 3 is 2.32 bits per heavy atom. The van der Waals surface area contributed by atoms with Gasteiger partial charge in [-0.3, -0.25) is 4.79 Å². The van der Waals surface area contributed by atoms with Gasteiger partial charge < -0.3 is 20.7 Å². The number of hydrogen-bond acceptors (Lipinski definition) is 3. The number of nitrogens with one attached hydrogen (secondary N) is 3. The molecule has 0 bridgehead atoms. The third-order valence-corrected chi connectivity index (χ3v) is 4.23. The van der Waals surface area contributed by atoms with Crippen molar-refractivity contribution in [2.45, 2.75) is 6.54 Å². The number of ether oxygens (including phenoxy) is 1. The molecule has 0 radical (unpaired) electrons. The maximum Gasteiger partial charge on any atom is 0.251 e. The Balaban J connectivity index is 1.57. The lowest BCUT2D eigenvalue weighted by Crippen LogP contribution is -2.23. The predicted octanol–water partition coefficient (Wildman–Crippen LogP) is 4.43. The Morgan fingerprint density at radius 1 is 0.893 bits per heavy atom. The van der Waals surface area contributed by atoms with Crippen molar-refractivity contribution in [2.24, 2.45) is 0 Å². The fraction of sp³-hybridized carbons (Fsp3) is 0.0909. The van der Waals surface area contributed by atoms with Crippen LogP contribution in [0.15, 0.2) is 78.9 Å². The van der Waals surface area contributed by atoms with E-state index in [2.05, 4.69) is 16.0 Å². The van der Waals surface area contributed by atoms with Crippen LogP contribution < -0.4 is 20.7 Å². The molecule has 0 unspecified atom stereocenters. The molecule has 0 heterocycles. The molecule has 0 aliphatic carbocycles. The molecule has 1 amide bonds. The number of methoxy groups -OCH3 is 1. The van der Waals surface area contributed by atoms with Gasteiger partial charge in [-0.05, 0) is 60.2 Å². The number of thiocarbonyl (C=S) groups is 1.